The molecule has 0 radical (unpaired) electrons. The maximum atomic E-state index is 14.4. The van der Waals surface area contributed by atoms with Crippen LogP contribution in [0.5, 0.6) is 5.75 Å². The number of amides is 1. The van der Waals surface area contributed by atoms with Crippen molar-refractivity contribution in [2.24, 2.45) is 5.84 Å². The van der Waals surface area contributed by atoms with Crippen LogP contribution in [0.3, 0.4) is 0 Å². The number of allylic oxidation sites excluding steroid dienone is 1. The van der Waals surface area contributed by atoms with E-state index in [4.69, 9.17) is 22.2 Å². The van der Waals surface area contributed by atoms with Gasteiger partial charge in [-0.25, -0.2) is 18.7 Å². The molecule has 1 amide bonds. The van der Waals surface area contributed by atoms with Crippen molar-refractivity contribution in [3.8, 4) is 5.75 Å². The van der Waals surface area contributed by atoms with Crippen LogP contribution in [0.25, 0.3) is 11.6 Å². The number of hydrogen-bond donors (Lipinski definition) is 2. The molecule has 1 aliphatic heterocycles. The Balaban J connectivity index is 1.81. The Kier molecular flexibility index (Phi) is 7.92. The molecule has 7 nitrogen and oxygen atoms in total. The Morgan fingerprint density at radius 1 is 1.18 bits per heavy atom. The van der Waals surface area contributed by atoms with Crippen LogP contribution in [0.15, 0.2) is 65.6 Å². The smallest absolute Gasteiger partial charge is 0.416 e. The molecular formula is C26H22ClF4N3O4S. The predicted octanol–water partition coefficient (Wildman–Crippen LogP) is 5.39. The van der Waals surface area contributed by atoms with Crippen molar-refractivity contribution in [3.05, 3.63) is 88.2 Å². The molecule has 0 saturated heterocycles. The molecule has 0 unspecified atom stereocenters. The Labute approximate surface area is 226 Å². The molecular weight excluding hydrogens is 562 g/mol. The van der Waals surface area contributed by atoms with Gasteiger partial charge in [-0.05, 0) is 60.5 Å². The molecule has 1 atom stereocenters. The predicted molar refractivity (Wildman–Crippen MR) is 139 cm³/mol. The average molecular weight is 584 g/mol. The second kappa shape index (κ2) is 10.9. The largest absolute Gasteiger partial charge is 0.486 e. The fourth-order valence-corrected chi connectivity index (χ4v) is 6.03. The number of carbonyl (C=O) groups excluding carboxylic acids is 1. The number of halogens is 5. The molecule has 3 aromatic carbocycles. The van der Waals surface area contributed by atoms with E-state index in [0.717, 1.165) is 22.5 Å². The summed E-state index contributed by atoms with van der Waals surface area (Å²) in [6.07, 6.45) is -4.48. The van der Waals surface area contributed by atoms with Crippen molar-refractivity contribution in [1.29, 1.82) is 0 Å². The van der Waals surface area contributed by atoms with Gasteiger partial charge in [0.1, 0.15) is 17.7 Å². The summed E-state index contributed by atoms with van der Waals surface area (Å²) >= 11 is 6.16. The average Bonchev–Trinajstić information content (AvgIpc) is 2.87. The fourth-order valence-electron chi connectivity index (χ4n) is 4.18. The zero-order chi connectivity index (χ0) is 28.5. The third kappa shape index (κ3) is 6.02. The molecule has 0 aromatic heterocycles. The molecule has 0 fully saturated rings. The second-order valence-corrected chi connectivity index (χ2v) is 11.0. The number of sulfonamides is 1. The van der Waals surface area contributed by atoms with Gasteiger partial charge in [-0.1, -0.05) is 35.9 Å². The third-order valence-corrected chi connectivity index (χ3v) is 8.07. The molecule has 13 heteroatoms. The lowest BCUT2D eigenvalue weighted by Crippen LogP contribution is -2.46. The first kappa shape index (κ1) is 28.4. The number of rotatable bonds is 6. The van der Waals surface area contributed by atoms with E-state index in [2.05, 4.69) is 0 Å². The number of fused-ring (bicyclic) bond motifs is 1. The summed E-state index contributed by atoms with van der Waals surface area (Å²) < 4.78 is 88.4. The molecule has 0 saturated carbocycles. The highest BCUT2D eigenvalue weighted by molar-refractivity contribution is 7.92. The zero-order valence-electron chi connectivity index (χ0n) is 20.3. The van der Waals surface area contributed by atoms with Gasteiger partial charge in [0.2, 0.25) is 5.91 Å². The minimum absolute atomic E-state index is 0.0259. The van der Waals surface area contributed by atoms with Crippen LogP contribution < -0.4 is 20.3 Å². The van der Waals surface area contributed by atoms with E-state index in [1.54, 1.807) is 19.1 Å². The summed E-state index contributed by atoms with van der Waals surface area (Å²) in [7, 11) is -4.56. The standard InChI is InChI=1S/C26H22ClF4N3O4S/c1-15(25-20(27)6-3-7-21(25)28)10-16-8-9-23-22(11-16)34(14-18(38-23)13-24(35)33-32)39(36,37)19-5-2-4-17(12-19)26(29,30)31/h2-12,18H,13-14,32H2,1H3,(H,33,35)/t18-/m0/s1. The van der Waals surface area contributed by atoms with Crippen LogP contribution in [0.4, 0.5) is 23.2 Å². The first-order valence-corrected chi connectivity index (χ1v) is 13.3. The Morgan fingerprint density at radius 2 is 1.90 bits per heavy atom. The summed E-state index contributed by atoms with van der Waals surface area (Å²) in [5, 5.41) is 0.180. The molecule has 1 aliphatic rings. The minimum Gasteiger partial charge on any atom is -0.486 e. The number of alkyl halides is 3. The number of nitrogens with two attached hydrogens (primary N) is 1. The number of benzene rings is 3. The summed E-state index contributed by atoms with van der Waals surface area (Å²) in [5.41, 5.74) is 1.88. The van der Waals surface area contributed by atoms with Gasteiger partial charge < -0.3 is 4.74 Å². The highest BCUT2D eigenvalue weighted by Crippen LogP contribution is 2.40. The van der Waals surface area contributed by atoms with Crippen LogP contribution in [0, 0.1) is 5.82 Å². The zero-order valence-corrected chi connectivity index (χ0v) is 21.9. The van der Waals surface area contributed by atoms with Gasteiger partial charge in [-0.3, -0.25) is 14.5 Å². The van der Waals surface area contributed by atoms with Gasteiger partial charge in [0.15, 0.2) is 0 Å². The Hall–Kier alpha value is -3.61. The second-order valence-electron chi connectivity index (χ2n) is 8.72. The van der Waals surface area contributed by atoms with Crippen LogP contribution in [0.2, 0.25) is 5.02 Å². The van der Waals surface area contributed by atoms with Gasteiger partial charge in [0.25, 0.3) is 10.0 Å². The highest BCUT2D eigenvalue weighted by Gasteiger charge is 2.37. The van der Waals surface area contributed by atoms with Crippen molar-refractivity contribution in [2.75, 3.05) is 10.8 Å². The van der Waals surface area contributed by atoms with Crippen molar-refractivity contribution in [3.63, 3.8) is 0 Å². The summed E-state index contributed by atoms with van der Waals surface area (Å²) in [5.74, 6) is 4.05. The van der Waals surface area contributed by atoms with Crippen LogP contribution in [0.1, 0.15) is 30.0 Å². The molecule has 1 heterocycles. The molecule has 3 N–H and O–H groups in total. The van der Waals surface area contributed by atoms with Crippen molar-refractivity contribution < 1.29 is 35.5 Å². The molecule has 39 heavy (non-hydrogen) atoms. The molecule has 0 spiro atoms. The quantitative estimate of drug-likeness (QED) is 0.133. The van der Waals surface area contributed by atoms with Gasteiger partial charge in [0, 0.05) is 5.56 Å². The van der Waals surface area contributed by atoms with Gasteiger partial charge in [-0.15, -0.1) is 0 Å². The maximum Gasteiger partial charge on any atom is 0.416 e. The van der Waals surface area contributed by atoms with Crippen molar-refractivity contribution in [2.45, 2.75) is 30.5 Å². The first-order chi connectivity index (χ1) is 18.3. The Morgan fingerprint density at radius 3 is 2.56 bits per heavy atom. The fraction of sp³-hybridized carbons (Fsp3) is 0.192. The number of nitrogens with one attached hydrogen (secondary N) is 1. The van der Waals surface area contributed by atoms with E-state index < -0.39 is 44.5 Å². The van der Waals surface area contributed by atoms with Crippen LogP contribution in [-0.4, -0.2) is 27.0 Å². The van der Waals surface area contributed by atoms with Gasteiger partial charge in [-0.2, -0.15) is 13.2 Å². The lowest BCUT2D eigenvalue weighted by molar-refractivity contribution is -0.137. The highest BCUT2D eigenvalue weighted by atomic mass is 35.5. The molecule has 3 aromatic rings. The van der Waals surface area contributed by atoms with E-state index in [-0.39, 0.29) is 35.0 Å². The van der Waals surface area contributed by atoms with Gasteiger partial charge in [0.05, 0.1) is 34.1 Å². The van der Waals surface area contributed by atoms with E-state index in [9.17, 15) is 30.8 Å². The van der Waals surface area contributed by atoms with E-state index in [1.807, 2.05) is 5.43 Å². The summed E-state index contributed by atoms with van der Waals surface area (Å²) in [6, 6.07) is 12.1. The lowest BCUT2D eigenvalue weighted by Gasteiger charge is -2.35. The van der Waals surface area contributed by atoms with Crippen LogP contribution in [-0.2, 0) is 21.0 Å². The molecule has 206 valence electrons. The minimum atomic E-state index is -4.76. The molecule has 0 aliphatic carbocycles. The topological polar surface area (TPSA) is 102 Å². The number of carbonyl (C=O) groups is 1. The Bertz CT molecular complexity index is 1540. The SMILES string of the molecule is CC(=Cc1ccc2c(c1)N(S(=O)(=O)c1cccc(C(F)(F)F)c1)C[C@H](CC(=O)NN)O2)c1c(F)cccc1Cl. The summed E-state index contributed by atoms with van der Waals surface area (Å²) in [6.45, 7) is 1.24. The summed E-state index contributed by atoms with van der Waals surface area (Å²) in [4.78, 5) is 11.3. The number of hydrogen-bond acceptors (Lipinski definition) is 5. The molecule has 0 bridgehead atoms. The molecule has 4 rings (SSSR count). The maximum absolute atomic E-state index is 14.4. The monoisotopic (exact) mass is 583 g/mol. The number of hydrazine groups is 1. The van der Waals surface area contributed by atoms with E-state index in [0.29, 0.717) is 17.2 Å². The third-order valence-electron chi connectivity index (χ3n) is 5.98. The van der Waals surface area contributed by atoms with E-state index in [1.165, 1.54) is 30.3 Å². The van der Waals surface area contributed by atoms with Crippen LogP contribution >= 0.6 is 11.6 Å². The number of anilines is 1. The van der Waals surface area contributed by atoms with Crippen molar-refractivity contribution >= 4 is 44.9 Å². The van der Waals surface area contributed by atoms with Gasteiger partial charge >= 0.3 is 6.18 Å². The number of nitrogens with zero attached hydrogens (tertiary/aromatic N) is 1. The number of ether oxygens (including phenoxy) is 1. The first-order valence-electron chi connectivity index (χ1n) is 11.4. The van der Waals surface area contributed by atoms with E-state index >= 15 is 0 Å². The lowest BCUT2D eigenvalue weighted by atomic mass is 10.0. The van der Waals surface area contributed by atoms with Crippen molar-refractivity contribution in [1.82, 2.24) is 5.43 Å². The normalized spacial score (nSPS) is 15.9.